The number of hydrogen-bond donors (Lipinski definition) is 3. The van der Waals surface area contributed by atoms with Gasteiger partial charge in [0.25, 0.3) is 0 Å². The number of phosphoric acid groups is 2. The SMILES string of the molecule is CCCCCC/C=C\C=C/CCCCCCCC(=O)OC[C@H](COP(=O)(O)OC[C@@H](O)COP(=O)(O)OC[C@@H](COC(=O)CCCCCCCCCCCCC)OC(=O)CCCCCCCCCCCCCC(C)C)OC(=O)CCCCCCCCCCCCCCCCCCCC. The summed E-state index contributed by atoms with van der Waals surface area (Å²) in [5.74, 6) is -1.38. The van der Waals surface area contributed by atoms with E-state index in [1.165, 1.54) is 199 Å². The van der Waals surface area contributed by atoms with Crippen LogP contribution in [0.25, 0.3) is 0 Å². The van der Waals surface area contributed by atoms with Gasteiger partial charge in [-0.25, -0.2) is 9.13 Å². The molecule has 19 heteroatoms. The molecule has 0 aliphatic carbocycles. The van der Waals surface area contributed by atoms with Crippen LogP contribution in [0.1, 0.15) is 394 Å². The molecule has 0 rings (SSSR count). The molecule has 5 atom stereocenters. The van der Waals surface area contributed by atoms with E-state index in [2.05, 4.69) is 58.9 Å². The Bertz CT molecular complexity index is 1970. The Kier molecular flexibility index (Phi) is 69.7. The highest BCUT2D eigenvalue weighted by atomic mass is 31.2. The minimum absolute atomic E-state index is 0.102. The first-order valence-electron chi connectivity index (χ1n) is 40.5. The minimum atomic E-state index is -4.97. The Morgan fingerprint density at radius 3 is 0.837 bits per heavy atom. The number of rotatable bonds is 77. The molecule has 0 aliphatic heterocycles. The number of carbonyl (C=O) groups is 4. The van der Waals surface area contributed by atoms with Crippen LogP contribution in [0.3, 0.4) is 0 Å². The van der Waals surface area contributed by atoms with E-state index in [9.17, 15) is 43.2 Å². The Morgan fingerprint density at radius 1 is 0.316 bits per heavy atom. The Labute approximate surface area is 599 Å². The summed E-state index contributed by atoms with van der Waals surface area (Å²) in [7, 11) is -9.93. The third kappa shape index (κ3) is 71.9. The van der Waals surface area contributed by atoms with Gasteiger partial charge in [0.15, 0.2) is 12.2 Å². The highest BCUT2D eigenvalue weighted by molar-refractivity contribution is 7.47. The Balaban J connectivity index is 5.28. The van der Waals surface area contributed by atoms with E-state index in [0.29, 0.717) is 25.7 Å². The van der Waals surface area contributed by atoms with Crippen molar-refractivity contribution in [1.82, 2.24) is 0 Å². The number of esters is 4. The largest absolute Gasteiger partial charge is 0.472 e. The van der Waals surface area contributed by atoms with Crippen LogP contribution in [-0.2, 0) is 65.4 Å². The van der Waals surface area contributed by atoms with Gasteiger partial charge >= 0.3 is 39.5 Å². The number of ether oxygens (including phenoxy) is 4. The molecule has 0 saturated carbocycles. The third-order valence-electron chi connectivity index (χ3n) is 17.9. The van der Waals surface area contributed by atoms with Crippen LogP contribution in [0.2, 0.25) is 0 Å². The van der Waals surface area contributed by atoms with Crippen LogP contribution in [0.5, 0.6) is 0 Å². The molecular weight excluding hydrogens is 1280 g/mol. The van der Waals surface area contributed by atoms with E-state index in [1.807, 2.05) is 0 Å². The lowest BCUT2D eigenvalue weighted by Gasteiger charge is -2.21. The second kappa shape index (κ2) is 71.5. The fraction of sp³-hybridized carbons (Fsp3) is 0.899. The normalized spacial score (nSPS) is 14.1. The lowest BCUT2D eigenvalue weighted by Crippen LogP contribution is -2.30. The van der Waals surface area contributed by atoms with Gasteiger partial charge in [-0.05, 0) is 57.3 Å². The van der Waals surface area contributed by atoms with Crippen molar-refractivity contribution in [2.45, 2.75) is 412 Å². The standard InChI is InChI=1S/C79H150O17P2/c1-6-9-12-15-18-21-24-26-28-29-30-32-34-39-44-49-54-59-64-78(83)95-75(69-90-77(82)63-58-53-48-43-38-33-31-27-25-22-19-16-13-10-7-2)71-94-98(87,88)92-67-73(80)66-91-97(85,86)93-70-74(68-89-76(81)62-57-52-47-42-36-23-20-17-14-11-8-3)96-79(84)65-60-55-50-45-40-35-37-41-46-51-56-61-72(4)5/h22,25,27,31,72-75,80H,6-21,23-24,26,28-30,32-71H2,1-5H3,(H,85,86)(H,87,88)/b25-22-,31-27-/t73-,74+,75+/m0/s1. The molecule has 578 valence electrons. The molecule has 3 N–H and O–H groups in total. The van der Waals surface area contributed by atoms with Crippen LogP contribution in [0.4, 0.5) is 0 Å². The Hall–Kier alpha value is -2.46. The zero-order valence-electron chi connectivity index (χ0n) is 63.4. The fourth-order valence-electron chi connectivity index (χ4n) is 11.7. The number of aliphatic hydroxyl groups is 1. The van der Waals surface area contributed by atoms with Crippen molar-refractivity contribution in [2.24, 2.45) is 5.92 Å². The van der Waals surface area contributed by atoms with E-state index in [4.69, 9.17) is 37.0 Å². The van der Waals surface area contributed by atoms with Crippen molar-refractivity contribution < 1.29 is 80.2 Å². The lowest BCUT2D eigenvalue weighted by molar-refractivity contribution is -0.161. The lowest BCUT2D eigenvalue weighted by atomic mass is 10.0. The molecule has 0 aromatic carbocycles. The predicted molar refractivity (Wildman–Crippen MR) is 400 cm³/mol. The van der Waals surface area contributed by atoms with Gasteiger partial charge in [0, 0.05) is 25.7 Å². The molecule has 17 nitrogen and oxygen atoms in total. The minimum Gasteiger partial charge on any atom is -0.462 e. The maximum atomic E-state index is 13.1. The Morgan fingerprint density at radius 2 is 0.551 bits per heavy atom. The summed E-state index contributed by atoms with van der Waals surface area (Å²) in [5, 5.41) is 10.6. The quantitative estimate of drug-likeness (QED) is 0.0169. The van der Waals surface area contributed by atoms with Crippen molar-refractivity contribution in [2.75, 3.05) is 39.6 Å². The van der Waals surface area contributed by atoms with E-state index in [0.717, 1.165) is 115 Å². The molecule has 0 bridgehead atoms. The second-order valence-corrected chi connectivity index (χ2v) is 31.2. The molecule has 2 unspecified atom stereocenters. The third-order valence-corrected chi connectivity index (χ3v) is 19.8. The van der Waals surface area contributed by atoms with Gasteiger partial charge < -0.3 is 33.8 Å². The predicted octanol–water partition coefficient (Wildman–Crippen LogP) is 23.2. The zero-order valence-corrected chi connectivity index (χ0v) is 65.2. The highest BCUT2D eigenvalue weighted by Gasteiger charge is 2.30. The van der Waals surface area contributed by atoms with E-state index < -0.39 is 97.5 Å². The number of hydrogen-bond acceptors (Lipinski definition) is 15. The zero-order chi connectivity index (χ0) is 71.9. The first-order chi connectivity index (χ1) is 47.5. The molecule has 0 spiro atoms. The number of aliphatic hydroxyl groups excluding tert-OH is 1. The van der Waals surface area contributed by atoms with Crippen molar-refractivity contribution in [1.29, 1.82) is 0 Å². The van der Waals surface area contributed by atoms with E-state index in [1.54, 1.807) is 0 Å². The van der Waals surface area contributed by atoms with Gasteiger partial charge in [-0.1, -0.05) is 341 Å². The van der Waals surface area contributed by atoms with Crippen LogP contribution >= 0.6 is 15.6 Å². The average molecular weight is 1430 g/mol. The number of phosphoric ester groups is 2. The van der Waals surface area contributed by atoms with Gasteiger partial charge in [0.1, 0.15) is 19.3 Å². The monoisotopic (exact) mass is 1430 g/mol. The number of unbranched alkanes of at least 4 members (excludes halogenated alkanes) is 46. The van der Waals surface area contributed by atoms with Crippen molar-refractivity contribution in [3.63, 3.8) is 0 Å². The maximum absolute atomic E-state index is 13.1. The highest BCUT2D eigenvalue weighted by Crippen LogP contribution is 2.45. The van der Waals surface area contributed by atoms with Gasteiger partial charge in [-0.2, -0.15) is 0 Å². The summed E-state index contributed by atoms with van der Waals surface area (Å²) >= 11 is 0. The van der Waals surface area contributed by atoms with Crippen LogP contribution in [-0.4, -0.2) is 96.7 Å². The molecule has 0 aliphatic rings. The van der Waals surface area contributed by atoms with Crippen LogP contribution in [0.15, 0.2) is 24.3 Å². The average Bonchev–Trinajstić information content (AvgIpc) is 1.62. The molecule has 0 saturated heterocycles. The first kappa shape index (κ1) is 95.5. The van der Waals surface area contributed by atoms with Crippen molar-refractivity contribution >= 4 is 39.5 Å². The summed E-state index contributed by atoms with van der Waals surface area (Å²) in [6.45, 7) is 7.25. The summed E-state index contributed by atoms with van der Waals surface area (Å²) in [6, 6.07) is 0. The van der Waals surface area contributed by atoms with E-state index >= 15 is 0 Å². The molecule has 0 amide bonds. The molecule has 0 aromatic rings. The topological polar surface area (TPSA) is 237 Å². The molecule has 0 radical (unpaired) electrons. The van der Waals surface area contributed by atoms with Gasteiger partial charge in [-0.15, -0.1) is 0 Å². The summed E-state index contributed by atoms with van der Waals surface area (Å²) in [5.41, 5.74) is 0. The number of carbonyl (C=O) groups excluding carboxylic acids is 4. The van der Waals surface area contributed by atoms with Gasteiger partial charge in [-0.3, -0.25) is 37.3 Å². The fourth-order valence-corrected chi connectivity index (χ4v) is 13.3. The molecule has 98 heavy (non-hydrogen) atoms. The smallest absolute Gasteiger partial charge is 0.462 e. The van der Waals surface area contributed by atoms with E-state index in [-0.39, 0.29) is 25.7 Å². The summed E-state index contributed by atoms with van der Waals surface area (Å²) in [6.07, 6.45) is 64.5. The van der Waals surface area contributed by atoms with Crippen molar-refractivity contribution in [3.05, 3.63) is 24.3 Å². The van der Waals surface area contributed by atoms with Crippen molar-refractivity contribution in [3.8, 4) is 0 Å². The summed E-state index contributed by atoms with van der Waals surface area (Å²) in [4.78, 5) is 72.9. The van der Waals surface area contributed by atoms with Gasteiger partial charge in [0.05, 0.1) is 26.4 Å². The van der Waals surface area contributed by atoms with Crippen LogP contribution in [0, 0.1) is 5.92 Å². The molecular formula is C79H150O17P2. The molecule has 0 heterocycles. The maximum Gasteiger partial charge on any atom is 0.472 e. The second-order valence-electron chi connectivity index (χ2n) is 28.2. The van der Waals surface area contributed by atoms with Gasteiger partial charge in [0.2, 0.25) is 0 Å². The first-order valence-corrected chi connectivity index (χ1v) is 43.4. The molecule has 0 aromatic heterocycles. The van der Waals surface area contributed by atoms with Crippen LogP contribution < -0.4 is 0 Å². The summed E-state index contributed by atoms with van der Waals surface area (Å²) < 4.78 is 68.6. The number of allylic oxidation sites excluding steroid dienone is 4. The molecule has 0 fully saturated rings.